The topological polar surface area (TPSA) is 72.9 Å². The zero-order valence-electron chi connectivity index (χ0n) is 13.1. The molecule has 1 amide bonds. The Bertz CT molecular complexity index is 719. The second kappa shape index (κ2) is 8.04. The fraction of sp³-hybridized carbons (Fsp3) is 0.333. The fourth-order valence-corrected chi connectivity index (χ4v) is 2.26. The van der Waals surface area contributed by atoms with E-state index in [1.165, 1.54) is 0 Å². The predicted molar refractivity (Wildman–Crippen MR) is 94.3 cm³/mol. The lowest BCUT2D eigenvalue weighted by Crippen LogP contribution is -2.41. The van der Waals surface area contributed by atoms with Crippen molar-refractivity contribution in [3.05, 3.63) is 45.7 Å². The van der Waals surface area contributed by atoms with Crippen LogP contribution in [0.15, 0.2) is 28.7 Å². The number of hydrogen-bond acceptors (Lipinski definition) is 3. The Kier molecular flexibility index (Phi) is 6.88. The van der Waals surface area contributed by atoms with Crippen LogP contribution in [0, 0.1) is 13.8 Å². The smallest absolute Gasteiger partial charge is 0.277 e. The molecule has 132 valence electrons. The number of carbonyl (C=O) groups is 1. The van der Waals surface area contributed by atoms with Crippen LogP contribution in [-0.2, 0) is 0 Å². The molecule has 2 aromatic rings. The Labute approximate surface area is 153 Å². The molecular weight excluding hydrogens is 406 g/mol. The molecule has 2 rings (SSSR count). The monoisotopic (exact) mass is 422 g/mol. The van der Waals surface area contributed by atoms with Crippen molar-refractivity contribution in [3.63, 3.8) is 0 Å². The third-order valence-electron chi connectivity index (χ3n) is 3.38. The molecule has 24 heavy (non-hydrogen) atoms. The average molecular weight is 424 g/mol. The van der Waals surface area contributed by atoms with Gasteiger partial charge in [-0.2, -0.15) is 5.10 Å². The van der Waals surface area contributed by atoms with Crippen molar-refractivity contribution in [3.8, 4) is 5.69 Å². The fourth-order valence-electron chi connectivity index (χ4n) is 2.01. The van der Waals surface area contributed by atoms with Crippen molar-refractivity contribution in [2.75, 3.05) is 13.1 Å². The first-order valence-electron chi connectivity index (χ1n) is 6.93. The molecule has 1 heterocycles. The summed E-state index contributed by atoms with van der Waals surface area (Å²) in [6.07, 6.45) is 0. The quantitative estimate of drug-likeness (QED) is 0.776. The summed E-state index contributed by atoms with van der Waals surface area (Å²) in [4.78, 5) is 11.9. The van der Waals surface area contributed by atoms with Gasteiger partial charge in [-0.05, 0) is 54.0 Å². The molecule has 0 aliphatic rings. The van der Waals surface area contributed by atoms with Gasteiger partial charge in [0.05, 0.1) is 34.6 Å². The van der Waals surface area contributed by atoms with E-state index in [1.807, 2.05) is 13.8 Å². The molecule has 0 radical (unpaired) electrons. The van der Waals surface area contributed by atoms with E-state index < -0.39 is 24.9 Å². The highest BCUT2D eigenvalue weighted by Gasteiger charge is 2.27. The number of rotatable bonds is 5. The van der Waals surface area contributed by atoms with Gasteiger partial charge in [0, 0.05) is 5.56 Å². The SMILES string of the molecule is Cc1nn(-c2ccc(C(=O)NCC(F)(F)CN)cc2)c(C)c1Br.Cl. The van der Waals surface area contributed by atoms with Crippen LogP contribution in [0.3, 0.4) is 0 Å². The third kappa shape index (κ3) is 4.52. The first-order chi connectivity index (χ1) is 10.7. The Morgan fingerprint density at radius 3 is 2.38 bits per heavy atom. The Hall–Kier alpha value is -1.51. The van der Waals surface area contributed by atoms with E-state index in [1.54, 1.807) is 28.9 Å². The van der Waals surface area contributed by atoms with Crippen LogP contribution >= 0.6 is 28.3 Å². The standard InChI is InChI=1S/C15H17BrF2N4O.ClH/c1-9-13(16)10(2)22(21-9)12-5-3-11(4-6-12)14(23)20-8-15(17,18)7-19;/h3-6H,7-8,19H2,1-2H3,(H,20,23);1H. The molecule has 0 spiro atoms. The lowest BCUT2D eigenvalue weighted by Gasteiger charge is -2.14. The maximum absolute atomic E-state index is 13.0. The number of halogens is 4. The summed E-state index contributed by atoms with van der Waals surface area (Å²) < 4.78 is 28.7. The summed E-state index contributed by atoms with van der Waals surface area (Å²) in [5.74, 6) is -3.68. The van der Waals surface area contributed by atoms with Crippen molar-refractivity contribution < 1.29 is 13.6 Å². The number of nitrogens with zero attached hydrogens (tertiary/aromatic N) is 2. The van der Waals surface area contributed by atoms with Gasteiger partial charge in [0.25, 0.3) is 11.8 Å². The molecule has 5 nitrogen and oxygen atoms in total. The summed E-state index contributed by atoms with van der Waals surface area (Å²) >= 11 is 3.45. The van der Waals surface area contributed by atoms with Crippen LogP contribution in [-0.4, -0.2) is 34.7 Å². The van der Waals surface area contributed by atoms with Gasteiger partial charge in [0.1, 0.15) is 0 Å². The number of nitrogens with one attached hydrogen (secondary N) is 1. The number of hydrogen-bond donors (Lipinski definition) is 2. The highest BCUT2D eigenvalue weighted by molar-refractivity contribution is 9.10. The summed E-state index contributed by atoms with van der Waals surface area (Å²) in [5.41, 5.74) is 7.79. The van der Waals surface area contributed by atoms with Gasteiger partial charge in [-0.1, -0.05) is 0 Å². The van der Waals surface area contributed by atoms with E-state index in [0.29, 0.717) is 5.56 Å². The first-order valence-corrected chi connectivity index (χ1v) is 7.73. The van der Waals surface area contributed by atoms with E-state index >= 15 is 0 Å². The number of benzene rings is 1. The zero-order chi connectivity index (χ0) is 17.2. The van der Waals surface area contributed by atoms with Gasteiger partial charge in [0.2, 0.25) is 0 Å². The number of aryl methyl sites for hydroxylation is 1. The van der Waals surface area contributed by atoms with Gasteiger partial charge in [-0.3, -0.25) is 4.79 Å². The van der Waals surface area contributed by atoms with Crippen LogP contribution < -0.4 is 11.1 Å². The lowest BCUT2D eigenvalue weighted by atomic mass is 10.2. The van der Waals surface area contributed by atoms with Crippen molar-refractivity contribution in [2.24, 2.45) is 5.73 Å². The molecule has 1 aromatic carbocycles. The van der Waals surface area contributed by atoms with Crippen LogP contribution in [0.1, 0.15) is 21.7 Å². The summed E-state index contributed by atoms with van der Waals surface area (Å²) in [7, 11) is 0. The van der Waals surface area contributed by atoms with Crippen LogP contribution in [0.5, 0.6) is 0 Å². The van der Waals surface area contributed by atoms with Gasteiger partial charge < -0.3 is 11.1 Å². The van der Waals surface area contributed by atoms with Crippen molar-refractivity contribution in [1.29, 1.82) is 0 Å². The number of carbonyl (C=O) groups excluding carboxylic acids is 1. The Morgan fingerprint density at radius 2 is 1.92 bits per heavy atom. The minimum absolute atomic E-state index is 0. The first kappa shape index (κ1) is 20.5. The van der Waals surface area contributed by atoms with Gasteiger partial charge in [0.15, 0.2) is 0 Å². The molecule has 9 heteroatoms. The van der Waals surface area contributed by atoms with Gasteiger partial charge in [-0.15, -0.1) is 12.4 Å². The molecule has 0 saturated heterocycles. The second-order valence-corrected chi connectivity index (χ2v) is 5.98. The van der Waals surface area contributed by atoms with E-state index in [0.717, 1.165) is 21.5 Å². The maximum atomic E-state index is 13.0. The number of aromatic nitrogens is 2. The molecule has 0 bridgehead atoms. The molecule has 0 aliphatic heterocycles. The zero-order valence-corrected chi connectivity index (χ0v) is 15.5. The van der Waals surface area contributed by atoms with Gasteiger partial charge in [-0.25, -0.2) is 13.5 Å². The van der Waals surface area contributed by atoms with E-state index in [2.05, 4.69) is 26.3 Å². The van der Waals surface area contributed by atoms with Crippen LogP contribution in [0.4, 0.5) is 8.78 Å². The molecular formula is C15H18BrClF2N4O. The molecule has 0 unspecified atom stereocenters. The molecule has 0 aliphatic carbocycles. The highest BCUT2D eigenvalue weighted by atomic mass is 79.9. The van der Waals surface area contributed by atoms with Crippen LogP contribution in [0.2, 0.25) is 0 Å². The largest absolute Gasteiger partial charge is 0.346 e. The van der Waals surface area contributed by atoms with Crippen molar-refractivity contribution in [1.82, 2.24) is 15.1 Å². The summed E-state index contributed by atoms with van der Waals surface area (Å²) in [6, 6.07) is 6.55. The molecule has 0 saturated carbocycles. The molecule has 3 N–H and O–H groups in total. The number of nitrogens with two attached hydrogens (primary N) is 1. The lowest BCUT2D eigenvalue weighted by molar-refractivity contribution is 0.0118. The van der Waals surface area contributed by atoms with E-state index in [4.69, 9.17) is 5.73 Å². The normalized spacial score (nSPS) is 11.1. The van der Waals surface area contributed by atoms with Crippen molar-refractivity contribution in [2.45, 2.75) is 19.8 Å². The minimum Gasteiger partial charge on any atom is -0.346 e. The highest BCUT2D eigenvalue weighted by Crippen LogP contribution is 2.23. The summed E-state index contributed by atoms with van der Waals surface area (Å²) in [5, 5.41) is 6.57. The average Bonchev–Trinajstić information content (AvgIpc) is 2.80. The maximum Gasteiger partial charge on any atom is 0.277 e. The van der Waals surface area contributed by atoms with Gasteiger partial charge >= 0.3 is 0 Å². The summed E-state index contributed by atoms with van der Waals surface area (Å²) in [6.45, 7) is 2.21. The Morgan fingerprint density at radius 1 is 1.33 bits per heavy atom. The Balaban J connectivity index is 0.00000288. The van der Waals surface area contributed by atoms with Crippen LogP contribution in [0.25, 0.3) is 5.69 Å². The minimum atomic E-state index is -3.11. The van der Waals surface area contributed by atoms with E-state index in [-0.39, 0.29) is 12.4 Å². The van der Waals surface area contributed by atoms with E-state index in [9.17, 15) is 13.6 Å². The molecule has 0 fully saturated rings. The number of amides is 1. The predicted octanol–water partition coefficient (Wildman–Crippen LogP) is 3.00. The van der Waals surface area contributed by atoms with Crippen molar-refractivity contribution >= 4 is 34.2 Å². The third-order valence-corrected chi connectivity index (χ3v) is 4.53. The molecule has 0 atom stereocenters. The number of alkyl halides is 2. The molecule has 1 aromatic heterocycles. The second-order valence-electron chi connectivity index (χ2n) is 5.19.